The Balaban J connectivity index is 2.31. The zero-order valence-electron chi connectivity index (χ0n) is 12.5. The highest BCUT2D eigenvalue weighted by molar-refractivity contribution is 7.85. The molecule has 0 aliphatic rings. The summed E-state index contributed by atoms with van der Waals surface area (Å²) in [4.78, 5) is 12.3. The summed E-state index contributed by atoms with van der Waals surface area (Å²) in [5, 5.41) is 3.14. The lowest BCUT2D eigenvalue weighted by Gasteiger charge is -2.30. The number of hydrogen-bond donors (Lipinski definition) is 1. The number of carbonyl (C=O) groups is 1. The molecule has 23 heavy (non-hydrogen) atoms. The molecule has 0 aromatic heterocycles. The van der Waals surface area contributed by atoms with Gasteiger partial charge in [0.15, 0.2) is 0 Å². The Morgan fingerprint density at radius 3 is 2.39 bits per heavy atom. The SMILES string of the molecule is C[N+](C)(c1cccc(C(=O)Nc2cccc(Cl)c2)c1)S(=O)(=O)[O-]. The normalized spacial score (nSPS) is 12.0. The summed E-state index contributed by atoms with van der Waals surface area (Å²) in [6, 6.07) is 12.5. The summed E-state index contributed by atoms with van der Waals surface area (Å²) in [5.74, 6) is -0.433. The standard InChI is InChI=1S/C15H15ClN2O4S/c1-18(2,23(20,21)22)14-8-3-5-11(9-14)15(19)17-13-7-4-6-12(16)10-13/h3-10H,1-2H3,(H-,17,19,20,21,22). The lowest BCUT2D eigenvalue weighted by Crippen LogP contribution is -2.46. The Hall–Kier alpha value is -1.93. The van der Waals surface area contributed by atoms with E-state index in [9.17, 15) is 17.8 Å². The van der Waals surface area contributed by atoms with E-state index in [4.69, 9.17) is 11.6 Å². The molecule has 0 heterocycles. The van der Waals surface area contributed by atoms with E-state index < -0.39 is 20.1 Å². The molecule has 6 nitrogen and oxygen atoms in total. The molecule has 0 bridgehead atoms. The zero-order valence-corrected chi connectivity index (χ0v) is 14.1. The number of halogens is 1. The maximum Gasteiger partial charge on any atom is 0.258 e. The average molecular weight is 355 g/mol. The molecule has 2 rings (SSSR count). The number of anilines is 1. The largest absolute Gasteiger partial charge is 0.701 e. The molecule has 0 saturated heterocycles. The minimum Gasteiger partial charge on any atom is -0.701 e. The third-order valence-corrected chi connectivity index (χ3v) is 4.94. The van der Waals surface area contributed by atoms with Gasteiger partial charge in [0.25, 0.3) is 16.2 Å². The number of quaternary nitrogens is 1. The van der Waals surface area contributed by atoms with Crippen LogP contribution in [0.4, 0.5) is 11.4 Å². The fourth-order valence-electron chi connectivity index (χ4n) is 1.88. The van der Waals surface area contributed by atoms with Crippen molar-refractivity contribution in [3.8, 4) is 0 Å². The summed E-state index contributed by atoms with van der Waals surface area (Å²) in [6.07, 6.45) is 0. The zero-order chi connectivity index (χ0) is 17.3. The van der Waals surface area contributed by atoms with Gasteiger partial charge in [-0.25, -0.2) is 3.89 Å². The minimum atomic E-state index is -4.62. The van der Waals surface area contributed by atoms with Gasteiger partial charge in [0.2, 0.25) is 0 Å². The molecule has 122 valence electrons. The molecule has 2 aromatic carbocycles. The van der Waals surface area contributed by atoms with Gasteiger partial charge in [-0.1, -0.05) is 23.7 Å². The minimum absolute atomic E-state index is 0.193. The fourth-order valence-corrected chi connectivity index (χ4v) is 2.44. The highest BCUT2D eigenvalue weighted by Crippen LogP contribution is 2.24. The van der Waals surface area contributed by atoms with Crippen LogP contribution in [0.1, 0.15) is 10.4 Å². The molecule has 0 fully saturated rings. The van der Waals surface area contributed by atoms with Crippen LogP contribution in [0.25, 0.3) is 0 Å². The lowest BCUT2D eigenvalue weighted by atomic mass is 10.1. The summed E-state index contributed by atoms with van der Waals surface area (Å²) in [6.45, 7) is 0. The maximum absolute atomic E-state index is 12.3. The van der Waals surface area contributed by atoms with Crippen molar-refractivity contribution in [2.24, 2.45) is 0 Å². The van der Waals surface area contributed by atoms with Gasteiger partial charge in [-0.2, -0.15) is 8.42 Å². The summed E-state index contributed by atoms with van der Waals surface area (Å²) < 4.78 is 33.2. The van der Waals surface area contributed by atoms with Crippen LogP contribution in [0, 0.1) is 0 Å². The molecular weight excluding hydrogens is 340 g/mol. The number of amides is 1. The Labute approximate surface area is 139 Å². The van der Waals surface area contributed by atoms with Gasteiger partial charge in [-0.05, 0) is 24.3 Å². The number of nitrogens with one attached hydrogen (secondary N) is 1. The molecule has 1 amide bonds. The first-order valence-corrected chi connectivity index (χ1v) is 8.33. The van der Waals surface area contributed by atoms with Gasteiger partial charge in [0, 0.05) is 28.4 Å². The molecule has 1 N–H and O–H groups in total. The monoisotopic (exact) mass is 354 g/mol. The number of hydrogen-bond acceptors (Lipinski definition) is 4. The van der Waals surface area contributed by atoms with Gasteiger partial charge in [0.1, 0.15) is 5.69 Å². The molecule has 0 aliphatic carbocycles. The van der Waals surface area contributed by atoms with Crippen LogP contribution in [0.5, 0.6) is 0 Å². The van der Waals surface area contributed by atoms with E-state index in [1.165, 1.54) is 38.4 Å². The quantitative estimate of drug-likeness (QED) is 0.675. The highest BCUT2D eigenvalue weighted by Gasteiger charge is 2.27. The number of carbonyl (C=O) groups excluding carboxylic acids is 1. The van der Waals surface area contributed by atoms with Gasteiger partial charge in [0.05, 0.1) is 14.1 Å². The van der Waals surface area contributed by atoms with Crippen LogP contribution in [0.2, 0.25) is 5.02 Å². The maximum atomic E-state index is 12.3. The van der Waals surface area contributed by atoms with Crippen molar-refractivity contribution < 1.29 is 17.8 Å². The van der Waals surface area contributed by atoms with Crippen molar-refractivity contribution in [1.82, 2.24) is 3.89 Å². The average Bonchev–Trinajstić information content (AvgIpc) is 2.46. The van der Waals surface area contributed by atoms with Crippen molar-refractivity contribution in [1.29, 1.82) is 0 Å². The third-order valence-electron chi connectivity index (χ3n) is 3.37. The van der Waals surface area contributed by atoms with Crippen LogP contribution >= 0.6 is 11.6 Å². The smallest absolute Gasteiger partial charge is 0.258 e. The van der Waals surface area contributed by atoms with Crippen molar-refractivity contribution >= 4 is 39.2 Å². The van der Waals surface area contributed by atoms with E-state index in [2.05, 4.69) is 5.32 Å². The Morgan fingerprint density at radius 1 is 1.13 bits per heavy atom. The van der Waals surface area contributed by atoms with Crippen LogP contribution < -0.4 is 9.21 Å². The summed E-state index contributed by atoms with van der Waals surface area (Å²) >= 11 is 5.85. The number of nitrogens with zero attached hydrogens (tertiary/aromatic N) is 1. The van der Waals surface area contributed by atoms with E-state index in [0.29, 0.717) is 10.7 Å². The molecule has 2 aromatic rings. The third kappa shape index (κ3) is 3.89. The molecule has 0 unspecified atom stereocenters. The van der Waals surface area contributed by atoms with Crippen LogP contribution in [0.15, 0.2) is 48.5 Å². The van der Waals surface area contributed by atoms with Crippen molar-refractivity contribution in [3.63, 3.8) is 0 Å². The van der Waals surface area contributed by atoms with Crippen molar-refractivity contribution in [3.05, 3.63) is 59.1 Å². The molecule has 0 aliphatic heterocycles. The molecule has 0 saturated carbocycles. The second kappa shape index (κ2) is 6.29. The van der Waals surface area contributed by atoms with Gasteiger partial charge in [-0.15, -0.1) is 0 Å². The number of benzene rings is 2. The molecular formula is C15H15ClN2O4S. The molecule has 0 atom stereocenters. The first-order chi connectivity index (χ1) is 10.6. The van der Waals surface area contributed by atoms with Crippen molar-refractivity contribution in [2.45, 2.75) is 0 Å². The first-order valence-electron chi connectivity index (χ1n) is 6.59. The summed E-state index contributed by atoms with van der Waals surface area (Å²) in [5.41, 5.74) is 0.939. The van der Waals surface area contributed by atoms with Gasteiger partial charge >= 0.3 is 0 Å². The topological polar surface area (TPSA) is 86.3 Å². The summed E-state index contributed by atoms with van der Waals surface area (Å²) in [7, 11) is -2.13. The Kier molecular flexibility index (Phi) is 4.76. The highest BCUT2D eigenvalue weighted by atomic mass is 35.5. The van der Waals surface area contributed by atoms with Crippen molar-refractivity contribution in [2.75, 3.05) is 19.4 Å². The second-order valence-electron chi connectivity index (χ2n) is 5.29. The van der Waals surface area contributed by atoms with E-state index in [1.54, 1.807) is 24.3 Å². The fraction of sp³-hybridized carbons (Fsp3) is 0.133. The predicted molar refractivity (Wildman–Crippen MR) is 89.2 cm³/mol. The molecule has 0 spiro atoms. The van der Waals surface area contributed by atoms with Gasteiger partial charge in [-0.3, -0.25) is 4.79 Å². The first kappa shape index (κ1) is 17.4. The number of rotatable bonds is 4. The molecule has 0 radical (unpaired) electrons. The van der Waals surface area contributed by atoms with E-state index >= 15 is 0 Å². The van der Waals surface area contributed by atoms with Gasteiger partial charge < -0.3 is 9.87 Å². The van der Waals surface area contributed by atoms with E-state index in [-0.39, 0.29) is 11.3 Å². The van der Waals surface area contributed by atoms with Crippen LogP contribution in [-0.4, -0.2) is 33.0 Å². The predicted octanol–water partition coefficient (Wildman–Crippen LogP) is 2.62. The van der Waals surface area contributed by atoms with Crippen LogP contribution in [0.3, 0.4) is 0 Å². The van der Waals surface area contributed by atoms with E-state index in [1.807, 2.05) is 0 Å². The molecule has 8 heteroatoms. The lowest BCUT2D eigenvalue weighted by molar-refractivity contribution is 0.102. The Morgan fingerprint density at radius 2 is 1.78 bits per heavy atom. The van der Waals surface area contributed by atoms with E-state index in [0.717, 1.165) is 0 Å². The Bertz CT molecular complexity index is 850. The second-order valence-corrected chi connectivity index (χ2v) is 7.50. The van der Waals surface area contributed by atoms with Crippen LogP contribution in [-0.2, 0) is 10.3 Å².